The van der Waals surface area contributed by atoms with Gasteiger partial charge in [-0.15, -0.1) is 0 Å². The van der Waals surface area contributed by atoms with E-state index in [0.717, 1.165) is 18.2 Å². The highest BCUT2D eigenvalue weighted by Crippen LogP contribution is 2.34. The first kappa shape index (κ1) is 20.6. The Morgan fingerprint density at radius 3 is 2.48 bits per heavy atom. The number of aliphatic imine (C=N–C) groups is 1. The molecule has 0 unspecified atom stereocenters. The van der Waals surface area contributed by atoms with Crippen molar-refractivity contribution in [3.05, 3.63) is 63.9 Å². The molecular formula is C19H18F4N4O2. The number of aromatic nitrogens is 1. The number of benzene rings is 1. The van der Waals surface area contributed by atoms with E-state index in [9.17, 15) is 27.2 Å². The number of nitrogens with zero attached hydrogens (tertiary/aromatic N) is 1. The van der Waals surface area contributed by atoms with Gasteiger partial charge in [0.15, 0.2) is 11.6 Å². The molecule has 3 N–H and O–H groups in total. The molecule has 0 aliphatic heterocycles. The van der Waals surface area contributed by atoms with E-state index in [1.807, 2.05) is 0 Å². The Morgan fingerprint density at radius 1 is 1.10 bits per heavy atom. The second-order valence-electron chi connectivity index (χ2n) is 6.70. The van der Waals surface area contributed by atoms with E-state index < -0.39 is 35.1 Å². The Balaban J connectivity index is 1.81. The van der Waals surface area contributed by atoms with Gasteiger partial charge in [-0.2, -0.15) is 0 Å². The Hall–Kier alpha value is -3.17. The summed E-state index contributed by atoms with van der Waals surface area (Å²) in [6.07, 6.45) is -0.420. The Kier molecular flexibility index (Phi) is 6.00. The highest BCUT2D eigenvalue weighted by molar-refractivity contribution is 6.09. The number of carbonyl (C=O) groups excluding carboxylic acids is 1. The number of halogens is 4. The number of anilines is 1. The van der Waals surface area contributed by atoms with Crippen molar-refractivity contribution in [3.8, 4) is 0 Å². The summed E-state index contributed by atoms with van der Waals surface area (Å²) in [5.74, 6) is -5.70. The molecule has 1 saturated carbocycles. The molecule has 6 nitrogen and oxygen atoms in total. The zero-order valence-corrected chi connectivity index (χ0v) is 15.1. The molecule has 0 radical (unpaired) electrons. The Labute approximate surface area is 163 Å². The van der Waals surface area contributed by atoms with E-state index in [-0.39, 0.29) is 43.0 Å². The molecular weight excluding hydrogens is 392 g/mol. The summed E-state index contributed by atoms with van der Waals surface area (Å²) >= 11 is 0. The molecule has 2 aromatic rings. The molecule has 1 fully saturated rings. The predicted molar refractivity (Wildman–Crippen MR) is 99.1 cm³/mol. The topological polar surface area (TPSA) is 86.3 Å². The van der Waals surface area contributed by atoms with Gasteiger partial charge in [-0.3, -0.25) is 14.9 Å². The monoisotopic (exact) mass is 410 g/mol. The van der Waals surface area contributed by atoms with Gasteiger partial charge in [0.05, 0.1) is 6.04 Å². The van der Waals surface area contributed by atoms with Gasteiger partial charge in [0.25, 0.3) is 5.91 Å². The Bertz CT molecular complexity index is 980. The van der Waals surface area contributed by atoms with E-state index in [0.29, 0.717) is 0 Å². The minimum Gasteiger partial charge on any atom is -0.312 e. The van der Waals surface area contributed by atoms with Crippen LogP contribution in [0.2, 0.25) is 0 Å². The van der Waals surface area contributed by atoms with Crippen molar-refractivity contribution in [3.63, 3.8) is 0 Å². The highest BCUT2D eigenvalue weighted by atomic mass is 19.3. The molecule has 0 saturated heterocycles. The van der Waals surface area contributed by atoms with Crippen molar-refractivity contribution < 1.29 is 22.4 Å². The van der Waals surface area contributed by atoms with Crippen molar-refractivity contribution in [1.82, 2.24) is 10.3 Å². The van der Waals surface area contributed by atoms with Crippen molar-refractivity contribution in [2.75, 3.05) is 5.32 Å². The van der Waals surface area contributed by atoms with E-state index in [2.05, 4.69) is 20.6 Å². The Morgan fingerprint density at radius 2 is 1.83 bits per heavy atom. The summed E-state index contributed by atoms with van der Waals surface area (Å²) in [5, 5.41) is 5.14. The van der Waals surface area contributed by atoms with Gasteiger partial charge in [-0.05, 0) is 37.1 Å². The molecule has 1 aliphatic rings. The number of pyridine rings is 1. The molecule has 1 heterocycles. The van der Waals surface area contributed by atoms with Gasteiger partial charge in [-0.25, -0.2) is 22.6 Å². The van der Waals surface area contributed by atoms with Crippen molar-refractivity contribution in [2.24, 2.45) is 4.99 Å². The zero-order chi connectivity index (χ0) is 21.0. The van der Waals surface area contributed by atoms with Gasteiger partial charge in [0.1, 0.15) is 5.82 Å². The van der Waals surface area contributed by atoms with Gasteiger partial charge in [0, 0.05) is 24.5 Å². The van der Waals surface area contributed by atoms with Gasteiger partial charge >= 0.3 is 0 Å². The summed E-state index contributed by atoms with van der Waals surface area (Å²) in [6, 6.07) is 6.42. The number of carbonyl (C=O) groups is 1. The van der Waals surface area contributed by atoms with Crippen LogP contribution in [0, 0.1) is 11.6 Å². The van der Waals surface area contributed by atoms with Crippen LogP contribution in [0.1, 0.15) is 36.0 Å². The molecule has 1 aromatic heterocycles. The summed E-state index contributed by atoms with van der Waals surface area (Å²) in [7, 11) is 0. The average molecular weight is 410 g/mol. The number of guanidine groups is 1. The van der Waals surface area contributed by atoms with Crippen LogP contribution < -0.4 is 16.2 Å². The van der Waals surface area contributed by atoms with Crippen LogP contribution in [-0.4, -0.2) is 28.8 Å². The third-order valence-corrected chi connectivity index (χ3v) is 4.43. The number of hydrogen-bond donors (Lipinski definition) is 3. The number of nitrogens with one attached hydrogen (secondary N) is 3. The van der Waals surface area contributed by atoms with Crippen molar-refractivity contribution in [2.45, 2.75) is 37.6 Å². The average Bonchev–Trinajstić information content (AvgIpc) is 2.65. The van der Waals surface area contributed by atoms with Crippen LogP contribution in [0.25, 0.3) is 0 Å². The van der Waals surface area contributed by atoms with Crippen molar-refractivity contribution >= 4 is 17.7 Å². The van der Waals surface area contributed by atoms with E-state index in [4.69, 9.17) is 0 Å². The first-order valence-corrected chi connectivity index (χ1v) is 8.90. The second-order valence-corrected chi connectivity index (χ2v) is 6.70. The number of hydrogen-bond acceptors (Lipinski definition) is 3. The fourth-order valence-electron chi connectivity index (χ4n) is 2.90. The summed E-state index contributed by atoms with van der Waals surface area (Å²) in [6.45, 7) is 0. The molecule has 0 atom stereocenters. The lowest BCUT2D eigenvalue weighted by molar-refractivity contribution is -0.0373. The maximum absolute atomic E-state index is 13.4. The number of H-pyrrole nitrogens is 1. The van der Waals surface area contributed by atoms with Crippen LogP contribution in [0.5, 0.6) is 0 Å². The highest BCUT2D eigenvalue weighted by Gasteiger charge is 2.35. The van der Waals surface area contributed by atoms with E-state index >= 15 is 0 Å². The summed E-state index contributed by atoms with van der Waals surface area (Å²) in [4.78, 5) is 30.6. The third-order valence-electron chi connectivity index (χ3n) is 4.43. The smallest absolute Gasteiger partial charge is 0.258 e. The van der Waals surface area contributed by atoms with E-state index in [1.165, 1.54) is 18.2 Å². The lowest BCUT2D eigenvalue weighted by Gasteiger charge is -2.26. The van der Waals surface area contributed by atoms with Crippen LogP contribution in [0.4, 0.5) is 23.4 Å². The first-order chi connectivity index (χ1) is 13.7. The van der Waals surface area contributed by atoms with Gasteiger partial charge in [0.2, 0.25) is 17.4 Å². The predicted octanol–water partition coefficient (Wildman–Crippen LogP) is 3.43. The number of amides is 1. The number of alkyl halides is 2. The molecule has 0 bridgehead atoms. The van der Waals surface area contributed by atoms with Crippen LogP contribution in [-0.2, 0) is 0 Å². The van der Waals surface area contributed by atoms with Crippen LogP contribution in [0.3, 0.4) is 0 Å². The van der Waals surface area contributed by atoms with Crippen LogP contribution in [0.15, 0.2) is 46.2 Å². The fourth-order valence-corrected chi connectivity index (χ4v) is 2.90. The lowest BCUT2D eigenvalue weighted by Crippen LogP contribution is -2.38. The summed E-state index contributed by atoms with van der Waals surface area (Å²) < 4.78 is 53.2. The molecule has 0 spiro atoms. The second kappa shape index (κ2) is 8.46. The minimum absolute atomic E-state index is 0.100. The maximum Gasteiger partial charge on any atom is 0.258 e. The standard InChI is InChI=1S/C19H18F4N4O2/c20-13-5-4-11(10-14(13)21)17(29)27-18(26-15-2-1-3-16(28)25-15)24-12-6-8-19(22,23)9-7-12/h1-5,10,12H,6-9H2,(H3,24,25,26,27,28,29). The lowest BCUT2D eigenvalue weighted by atomic mass is 9.93. The zero-order valence-electron chi connectivity index (χ0n) is 15.1. The largest absolute Gasteiger partial charge is 0.312 e. The summed E-state index contributed by atoms with van der Waals surface area (Å²) in [5.41, 5.74) is -0.561. The maximum atomic E-state index is 13.4. The quantitative estimate of drug-likeness (QED) is 0.412. The number of rotatable bonds is 3. The molecule has 3 rings (SSSR count). The first-order valence-electron chi connectivity index (χ1n) is 8.90. The van der Waals surface area contributed by atoms with Gasteiger partial charge < -0.3 is 10.3 Å². The normalized spacial score (nSPS) is 17.0. The molecule has 10 heteroatoms. The van der Waals surface area contributed by atoms with Crippen LogP contribution >= 0.6 is 0 Å². The molecule has 1 aromatic carbocycles. The van der Waals surface area contributed by atoms with Gasteiger partial charge in [-0.1, -0.05) is 6.07 Å². The SMILES string of the molecule is O=C(NC(=NC1CCC(F)(F)CC1)Nc1cccc(=O)[nH]1)c1ccc(F)c(F)c1. The molecule has 29 heavy (non-hydrogen) atoms. The third kappa shape index (κ3) is 5.66. The number of aromatic amines is 1. The minimum atomic E-state index is -2.74. The molecule has 1 aliphatic carbocycles. The van der Waals surface area contributed by atoms with Crippen molar-refractivity contribution in [1.29, 1.82) is 0 Å². The molecule has 154 valence electrons. The fraction of sp³-hybridized carbons (Fsp3) is 0.316. The van der Waals surface area contributed by atoms with E-state index in [1.54, 1.807) is 0 Å². The molecule has 1 amide bonds.